The number of aryl methyl sites for hydroxylation is 1. The molecule has 2 N–H and O–H groups in total. The predicted molar refractivity (Wildman–Crippen MR) is 68.5 cm³/mol. The first-order valence-corrected chi connectivity index (χ1v) is 6.50. The Bertz CT molecular complexity index is 318. The number of hydrogen-bond acceptors (Lipinski definition) is 2. The quantitative estimate of drug-likeness (QED) is 0.833. The largest absolute Gasteiger partial charge is 0.322 e. The molecule has 92 valence electrons. The third-order valence-corrected chi connectivity index (χ3v) is 3.43. The molecule has 0 saturated carbocycles. The zero-order valence-corrected chi connectivity index (χ0v) is 11.2. The molecule has 0 aliphatic carbocycles. The molecule has 1 unspecified atom stereocenters. The molecule has 0 radical (unpaired) electrons. The molecule has 0 aliphatic heterocycles. The van der Waals surface area contributed by atoms with Crippen LogP contribution in [0.5, 0.6) is 0 Å². The van der Waals surface area contributed by atoms with Crippen LogP contribution >= 0.6 is 11.6 Å². The van der Waals surface area contributed by atoms with E-state index in [1.54, 1.807) is 6.20 Å². The Hall–Kier alpha value is -0.540. The highest BCUT2D eigenvalue weighted by molar-refractivity contribution is 6.31. The third-order valence-electron chi connectivity index (χ3n) is 3.14. The lowest BCUT2D eigenvalue weighted by atomic mass is 9.92. The van der Waals surface area contributed by atoms with Crippen molar-refractivity contribution in [2.75, 3.05) is 0 Å². The fourth-order valence-electron chi connectivity index (χ4n) is 2.11. The molecule has 0 amide bonds. The highest BCUT2D eigenvalue weighted by atomic mass is 35.5. The van der Waals surface area contributed by atoms with Crippen molar-refractivity contribution in [3.05, 3.63) is 16.9 Å². The topological polar surface area (TPSA) is 43.8 Å². The van der Waals surface area contributed by atoms with Gasteiger partial charge in [-0.3, -0.25) is 4.68 Å². The molecular formula is C12H22ClN3. The Morgan fingerprint density at radius 1 is 1.38 bits per heavy atom. The lowest BCUT2D eigenvalue weighted by Crippen LogP contribution is -2.24. The molecule has 1 atom stereocenters. The summed E-state index contributed by atoms with van der Waals surface area (Å²) >= 11 is 6.17. The van der Waals surface area contributed by atoms with Crippen molar-refractivity contribution < 1.29 is 0 Å². The van der Waals surface area contributed by atoms with E-state index in [4.69, 9.17) is 17.3 Å². The van der Waals surface area contributed by atoms with Crippen LogP contribution < -0.4 is 5.73 Å². The number of halogens is 1. The van der Waals surface area contributed by atoms with Crippen molar-refractivity contribution in [3.63, 3.8) is 0 Å². The van der Waals surface area contributed by atoms with Crippen LogP contribution in [0.1, 0.15) is 51.8 Å². The first kappa shape index (κ1) is 13.5. The highest BCUT2D eigenvalue weighted by Crippen LogP contribution is 2.30. The van der Waals surface area contributed by atoms with Gasteiger partial charge in [0.25, 0.3) is 0 Å². The number of nitrogens with zero attached hydrogens (tertiary/aromatic N) is 2. The van der Waals surface area contributed by atoms with E-state index >= 15 is 0 Å². The standard InChI is InChI=1S/C12H22ClN3/c1-4-7-16-12(10(13)8-15-16)11(14)9(5-2)6-3/h8-9,11H,4-7,14H2,1-3H3. The molecular weight excluding hydrogens is 222 g/mol. The number of nitrogens with two attached hydrogens (primary N) is 1. The number of hydrogen-bond donors (Lipinski definition) is 1. The lowest BCUT2D eigenvalue weighted by Gasteiger charge is -2.22. The molecule has 0 bridgehead atoms. The van der Waals surface area contributed by atoms with Gasteiger partial charge in [0, 0.05) is 6.54 Å². The Balaban J connectivity index is 2.95. The van der Waals surface area contributed by atoms with Crippen molar-refractivity contribution in [1.29, 1.82) is 0 Å². The fourth-order valence-corrected chi connectivity index (χ4v) is 2.38. The van der Waals surface area contributed by atoms with E-state index in [2.05, 4.69) is 25.9 Å². The van der Waals surface area contributed by atoms with Gasteiger partial charge < -0.3 is 5.73 Å². The zero-order valence-electron chi connectivity index (χ0n) is 10.4. The predicted octanol–water partition coefficient (Wildman–Crippen LogP) is 3.38. The molecule has 0 aromatic carbocycles. The Morgan fingerprint density at radius 3 is 2.50 bits per heavy atom. The van der Waals surface area contributed by atoms with Gasteiger partial charge in [0.15, 0.2) is 0 Å². The molecule has 0 spiro atoms. The number of rotatable bonds is 6. The second-order valence-electron chi connectivity index (χ2n) is 4.20. The van der Waals surface area contributed by atoms with E-state index in [0.717, 1.165) is 31.5 Å². The zero-order chi connectivity index (χ0) is 12.1. The summed E-state index contributed by atoms with van der Waals surface area (Å²) < 4.78 is 1.95. The van der Waals surface area contributed by atoms with Gasteiger partial charge in [-0.15, -0.1) is 0 Å². The van der Waals surface area contributed by atoms with Gasteiger partial charge in [0.1, 0.15) is 0 Å². The van der Waals surface area contributed by atoms with Gasteiger partial charge in [0.05, 0.1) is 23.0 Å². The molecule has 1 rings (SSSR count). The minimum absolute atomic E-state index is 0.00319. The smallest absolute Gasteiger partial charge is 0.0834 e. The summed E-state index contributed by atoms with van der Waals surface area (Å²) in [5, 5.41) is 4.98. The van der Waals surface area contributed by atoms with Gasteiger partial charge in [-0.1, -0.05) is 45.2 Å². The average molecular weight is 244 g/mol. The molecule has 1 aromatic heterocycles. The van der Waals surface area contributed by atoms with Crippen LogP contribution in [0.15, 0.2) is 6.20 Å². The Morgan fingerprint density at radius 2 is 2.00 bits per heavy atom. The van der Waals surface area contributed by atoms with Gasteiger partial charge in [0.2, 0.25) is 0 Å². The van der Waals surface area contributed by atoms with E-state index in [-0.39, 0.29) is 6.04 Å². The lowest BCUT2D eigenvalue weighted by molar-refractivity contribution is 0.380. The summed E-state index contributed by atoms with van der Waals surface area (Å²) in [6, 6.07) is -0.00319. The van der Waals surface area contributed by atoms with Crippen LogP contribution in [0.2, 0.25) is 5.02 Å². The van der Waals surface area contributed by atoms with E-state index in [1.165, 1.54) is 0 Å². The molecule has 0 aliphatic rings. The molecule has 0 saturated heterocycles. The summed E-state index contributed by atoms with van der Waals surface area (Å²) in [7, 11) is 0. The molecule has 0 fully saturated rings. The molecule has 1 heterocycles. The number of aromatic nitrogens is 2. The summed E-state index contributed by atoms with van der Waals surface area (Å²) in [5.41, 5.74) is 7.29. The minimum atomic E-state index is -0.00319. The van der Waals surface area contributed by atoms with E-state index in [1.807, 2.05) is 4.68 Å². The van der Waals surface area contributed by atoms with E-state index < -0.39 is 0 Å². The van der Waals surface area contributed by atoms with Crippen molar-refractivity contribution in [1.82, 2.24) is 9.78 Å². The van der Waals surface area contributed by atoms with Crippen LogP contribution in [0.25, 0.3) is 0 Å². The normalized spacial score (nSPS) is 13.4. The van der Waals surface area contributed by atoms with Gasteiger partial charge in [-0.2, -0.15) is 5.10 Å². The maximum atomic E-state index is 6.29. The monoisotopic (exact) mass is 243 g/mol. The Kier molecular flexibility index (Phi) is 5.29. The second-order valence-corrected chi connectivity index (χ2v) is 4.61. The first-order chi connectivity index (χ1) is 7.65. The van der Waals surface area contributed by atoms with Crippen LogP contribution in [-0.4, -0.2) is 9.78 Å². The SMILES string of the molecule is CCCn1ncc(Cl)c1C(N)C(CC)CC. The van der Waals surface area contributed by atoms with Crippen LogP contribution in [0.3, 0.4) is 0 Å². The summed E-state index contributed by atoms with van der Waals surface area (Å²) in [5.74, 6) is 0.477. The third kappa shape index (κ3) is 2.77. The maximum Gasteiger partial charge on any atom is 0.0834 e. The summed E-state index contributed by atoms with van der Waals surface area (Å²) in [4.78, 5) is 0. The second kappa shape index (κ2) is 6.26. The first-order valence-electron chi connectivity index (χ1n) is 6.12. The fraction of sp³-hybridized carbons (Fsp3) is 0.750. The van der Waals surface area contributed by atoms with Crippen molar-refractivity contribution >= 4 is 11.6 Å². The van der Waals surface area contributed by atoms with Gasteiger partial charge in [-0.25, -0.2) is 0 Å². The Labute approximate surface area is 103 Å². The van der Waals surface area contributed by atoms with Crippen LogP contribution in [-0.2, 0) is 6.54 Å². The van der Waals surface area contributed by atoms with Crippen molar-refractivity contribution in [2.45, 2.75) is 52.6 Å². The van der Waals surface area contributed by atoms with Gasteiger partial charge >= 0.3 is 0 Å². The van der Waals surface area contributed by atoms with Crippen molar-refractivity contribution in [3.8, 4) is 0 Å². The molecule has 16 heavy (non-hydrogen) atoms. The van der Waals surface area contributed by atoms with Crippen molar-refractivity contribution in [2.24, 2.45) is 11.7 Å². The molecule has 1 aromatic rings. The summed E-state index contributed by atoms with van der Waals surface area (Å²) in [6.45, 7) is 7.35. The van der Waals surface area contributed by atoms with Crippen LogP contribution in [0, 0.1) is 5.92 Å². The van der Waals surface area contributed by atoms with Gasteiger partial charge in [-0.05, 0) is 12.3 Å². The minimum Gasteiger partial charge on any atom is -0.322 e. The maximum absolute atomic E-state index is 6.29. The highest BCUT2D eigenvalue weighted by Gasteiger charge is 2.22. The summed E-state index contributed by atoms with van der Waals surface area (Å²) in [6.07, 6.45) is 4.89. The van der Waals surface area contributed by atoms with E-state index in [0.29, 0.717) is 10.9 Å². The molecule has 4 heteroatoms. The molecule has 3 nitrogen and oxygen atoms in total. The van der Waals surface area contributed by atoms with Crippen LogP contribution in [0.4, 0.5) is 0 Å². The average Bonchev–Trinajstić information content (AvgIpc) is 2.62. The van der Waals surface area contributed by atoms with E-state index in [9.17, 15) is 0 Å².